The summed E-state index contributed by atoms with van der Waals surface area (Å²) in [7, 11) is -1.64. The van der Waals surface area contributed by atoms with Gasteiger partial charge in [-0.1, -0.05) is 0 Å². The molecule has 0 saturated carbocycles. The fourth-order valence-electron chi connectivity index (χ4n) is 2.82. The van der Waals surface area contributed by atoms with Crippen molar-refractivity contribution in [1.29, 1.82) is 0 Å². The third-order valence-corrected chi connectivity index (χ3v) is 5.01. The summed E-state index contributed by atoms with van der Waals surface area (Å²) < 4.78 is 22.6. The van der Waals surface area contributed by atoms with Crippen LogP contribution < -0.4 is 15.4 Å². The van der Waals surface area contributed by atoms with Crippen LogP contribution in [0.15, 0.2) is 29.2 Å². The number of likely N-dealkylation sites (N-methyl/N-ethyl adjacent to an activating group) is 1. The lowest BCUT2D eigenvalue weighted by Crippen LogP contribution is -2.50. The molecule has 1 fully saturated rings. The summed E-state index contributed by atoms with van der Waals surface area (Å²) in [4.78, 5) is 2.52. The van der Waals surface area contributed by atoms with Crippen LogP contribution in [0.25, 0.3) is 0 Å². The Bertz CT molecular complexity index is 542. The van der Waals surface area contributed by atoms with Gasteiger partial charge in [0.05, 0.1) is 4.90 Å². The second kappa shape index (κ2) is 6.11. The van der Waals surface area contributed by atoms with Gasteiger partial charge in [-0.25, -0.2) is 13.6 Å². The number of hydrogen-bond donors (Lipinski definition) is 2. The highest BCUT2D eigenvalue weighted by atomic mass is 32.2. The van der Waals surface area contributed by atoms with Gasteiger partial charge in [-0.05, 0) is 57.5 Å². The maximum Gasteiger partial charge on any atom is 0.238 e. The van der Waals surface area contributed by atoms with Crippen LogP contribution >= 0.6 is 0 Å². The Hall–Kier alpha value is -1.11. The molecule has 6 heteroatoms. The van der Waals surface area contributed by atoms with Crippen molar-refractivity contribution in [3.8, 4) is 0 Å². The molecule has 0 bridgehead atoms. The fourth-order valence-corrected chi connectivity index (χ4v) is 3.33. The molecule has 1 aliphatic heterocycles. The molecule has 1 saturated heterocycles. The number of nitrogens with two attached hydrogens (primary N) is 1. The number of rotatable bonds is 4. The zero-order chi connectivity index (χ0) is 14.8. The molecule has 2 unspecified atom stereocenters. The third-order valence-electron chi connectivity index (χ3n) is 4.08. The Kier molecular flexibility index (Phi) is 4.67. The van der Waals surface area contributed by atoms with Gasteiger partial charge in [-0.3, -0.25) is 0 Å². The second-order valence-electron chi connectivity index (χ2n) is 5.37. The van der Waals surface area contributed by atoms with Crippen molar-refractivity contribution < 1.29 is 8.42 Å². The van der Waals surface area contributed by atoms with Gasteiger partial charge in [0.1, 0.15) is 0 Å². The molecular formula is C14H23N3O2S. The van der Waals surface area contributed by atoms with Gasteiger partial charge in [0.15, 0.2) is 0 Å². The lowest BCUT2D eigenvalue weighted by molar-refractivity contribution is 0.382. The predicted molar refractivity (Wildman–Crippen MR) is 81.3 cm³/mol. The Morgan fingerprint density at radius 1 is 1.30 bits per heavy atom. The van der Waals surface area contributed by atoms with Crippen molar-refractivity contribution in [2.75, 3.05) is 18.5 Å². The van der Waals surface area contributed by atoms with E-state index < -0.39 is 10.0 Å². The first-order chi connectivity index (χ1) is 9.43. The molecule has 0 radical (unpaired) electrons. The van der Waals surface area contributed by atoms with Gasteiger partial charge in [-0.15, -0.1) is 0 Å². The number of piperidine rings is 1. The summed E-state index contributed by atoms with van der Waals surface area (Å²) in [6.07, 6.45) is 3.56. The largest absolute Gasteiger partial charge is 0.367 e. The topological polar surface area (TPSA) is 75.4 Å². The van der Waals surface area contributed by atoms with Crippen LogP contribution in [0.5, 0.6) is 0 Å². The quantitative estimate of drug-likeness (QED) is 0.878. The van der Waals surface area contributed by atoms with Gasteiger partial charge in [0.25, 0.3) is 0 Å². The van der Waals surface area contributed by atoms with E-state index in [0.717, 1.165) is 18.7 Å². The fraction of sp³-hybridized carbons (Fsp3) is 0.571. The van der Waals surface area contributed by atoms with Crippen LogP contribution in [0.4, 0.5) is 5.69 Å². The third kappa shape index (κ3) is 3.31. The molecule has 1 heterocycles. The summed E-state index contributed by atoms with van der Waals surface area (Å²) in [6, 6.07) is 7.70. The molecule has 0 aliphatic carbocycles. The van der Waals surface area contributed by atoms with E-state index in [1.165, 1.54) is 12.8 Å². The molecule has 2 rings (SSSR count). The number of sulfonamides is 1. The summed E-state index contributed by atoms with van der Waals surface area (Å²) >= 11 is 0. The Morgan fingerprint density at radius 2 is 1.95 bits per heavy atom. The Morgan fingerprint density at radius 3 is 2.50 bits per heavy atom. The molecule has 20 heavy (non-hydrogen) atoms. The minimum atomic E-state index is -3.62. The highest BCUT2D eigenvalue weighted by Gasteiger charge is 2.26. The first-order valence-corrected chi connectivity index (χ1v) is 8.55. The van der Waals surface area contributed by atoms with Gasteiger partial charge in [-0.2, -0.15) is 0 Å². The number of benzene rings is 1. The molecule has 3 N–H and O–H groups in total. The zero-order valence-electron chi connectivity index (χ0n) is 12.0. The van der Waals surface area contributed by atoms with Gasteiger partial charge >= 0.3 is 0 Å². The Labute approximate surface area is 121 Å². The minimum Gasteiger partial charge on any atom is -0.367 e. The van der Waals surface area contributed by atoms with E-state index >= 15 is 0 Å². The highest BCUT2D eigenvalue weighted by molar-refractivity contribution is 7.89. The monoisotopic (exact) mass is 297 g/mol. The van der Waals surface area contributed by atoms with E-state index in [0.29, 0.717) is 12.1 Å². The average molecular weight is 297 g/mol. The minimum absolute atomic E-state index is 0.163. The van der Waals surface area contributed by atoms with Crippen LogP contribution in [0.2, 0.25) is 0 Å². The number of nitrogens with one attached hydrogen (secondary N) is 1. The van der Waals surface area contributed by atoms with E-state index in [1.807, 2.05) is 19.2 Å². The van der Waals surface area contributed by atoms with Crippen molar-refractivity contribution in [3.05, 3.63) is 24.3 Å². The van der Waals surface area contributed by atoms with Crippen molar-refractivity contribution >= 4 is 15.7 Å². The first kappa shape index (κ1) is 15.3. The van der Waals surface area contributed by atoms with Gasteiger partial charge in [0.2, 0.25) is 10.0 Å². The van der Waals surface area contributed by atoms with Crippen LogP contribution in [-0.4, -0.2) is 34.1 Å². The van der Waals surface area contributed by atoms with E-state index in [-0.39, 0.29) is 4.90 Å². The molecule has 112 valence electrons. The van der Waals surface area contributed by atoms with Crippen molar-refractivity contribution in [2.24, 2.45) is 5.14 Å². The van der Waals surface area contributed by atoms with E-state index in [1.54, 1.807) is 12.1 Å². The smallest absolute Gasteiger partial charge is 0.238 e. The highest BCUT2D eigenvalue weighted by Crippen LogP contribution is 2.27. The number of hydrogen-bond acceptors (Lipinski definition) is 4. The summed E-state index contributed by atoms with van der Waals surface area (Å²) in [6.45, 7) is 3.19. The number of primary sulfonamides is 1. The molecule has 1 aromatic carbocycles. The maximum absolute atomic E-state index is 11.3. The molecule has 0 spiro atoms. The zero-order valence-corrected chi connectivity index (χ0v) is 12.9. The van der Waals surface area contributed by atoms with E-state index in [9.17, 15) is 8.42 Å². The number of nitrogens with zero attached hydrogens (tertiary/aromatic N) is 1. The predicted octanol–water partition coefficient (Wildman–Crippen LogP) is 1.30. The molecule has 1 aliphatic rings. The van der Waals surface area contributed by atoms with Crippen molar-refractivity contribution in [1.82, 2.24) is 5.32 Å². The molecule has 5 nitrogen and oxygen atoms in total. The van der Waals surface area contributed by atoms with Crippen LogP contribution in [0.1, 0.15) is 26.2 Å². The second-order valence-corrected chi connectivity index (χ2v) is 6.93. The van der Waals surface area contributed by atoms with E-state index in [2.05, 4.69) is 17.1 Å². The first-order valence-electron chi connectivity index (χ1n) is 7.00. The summed E-state index contributed by atoms with van der Waals surface area (Å²) in [5.74, 6) is 0. The van der Waals surface area contributed by atoms with Crippen LogP contribution in [0, 0.1) is 0 Å². The molecule has 0 aromatic heterocycles. The van der Waals surface area contributed by atoms with Gasteiger partial charge in [0, 0.05) is 24.3 Å². The average Bonchev–Trinajstić information content (AvgIpc) is 2.45. The SMILES string of the molecule is CNC(C)C1CCCCN1c1ccc(S(N)(=O)=O)cc1. The lowest BCUT2D eigenvalue weighted by atomic mass is 9.96. The normalized spacial score (nSPS) is 21.8. The Balaban J connectivity index is 2.24. The number of anilines is 1. The molecule has 0 amide bonds. The molecular weight excluding hydrogens is 274 g/mol. The van der Waals surface area contributed by atoms with Crippen LogP contribution in [-0.2, 0) is 10.0 Å². The summed E-state index contributed by atoms with van der Waals surface area (Å²) in [5, 5.41) is 8.44. The van der Waals surface area contributed by atoms with E-state index in [4.69, 9.17) is 5.14 Å². The lowest BCUT2D eigenvalue weighted by Gasteiger charge is -2.41. The standard InChI is InChI=1S/C14H23N3O2S/c1-11(16-2)14-5-3-4-10-17(14)12-6-8-13(9-7-12)20(15,18)19/h6-9,11,14,16H,3-5,10H2,1-2H3,(H2,15,18,19). The molecule has 2 atom stereocenters. The maximum atomic E-state index is 11.3. The van der Waals surface area contributed by atoms with Gasteiger partial charge < -0.3 is 10.2 Å². The molecule has 1 aromatic rings. The summed E-state index contributed by atoms with van der Waals surface area (Å²) in [5.41, 5.74) is 1.06. The van der Waals surface area contributed by atoms with Crippen molar-refractivity contribution in [2.45, 2.75) is 43.2 Å². The van der Waals surface area contributed by atoms with Crippen molar-refractivity contribution in [3.63, 3.8) is 0 Å². The van der Waals surface area contributed by atoms with Crippen LogP contribution in [0.3, 0.4) is 0 Å².